The zero-order valence-electron chi connectivity index (χ0n) is 12.3. The summed E-state index contributed by atoms with van der Waals surface area (Å²) < 4.78 is 5.84. The van der Waals surface area contributed by atoms with E-state index in [9.17, 15) is 0 Å². The lowest BCUT2D eigenvalue weighted by Gasteiger charge is -2.10. The van der Waals surface area contributed by atoms with Crippen molar-refractivity contribution in [3.05, 3.63) is 41.7 Å². The highest BCUT2D eigenvalue weighted by atomic mass is 16.5. The molecule has 0 amide bonds. The minimum Gasteiger partial charge on any atom is -0.439 e. The Bertz CT molecular complexity index is 545. The van der Waals surface area contributed by atoms with Crippen LogP contribution in [0.4, 0.5) is 5.82 Å². The van der Waals surface area contributed by atoms with Gasteiger partial charge in [0.1, 0.15) is 17.4 Å². The van der Waals surface area contributed by atoms with Crippen LogP contribution in [0.15, 0.2) is 30.3 Å². The van der Waals surface area contributed by atoms with Crippen LogP contribution in [0.3, 0.4) is 0 Å². The Kier molecular flexibility index (Phi) is 4.93. The molecule has 0 saturated carbocycles. The molecular formula is C16H21N3O. The number of nitrogens with one attached hydrogen (secondary N) is 1. The Balaban J connectivity index is 2.25. The average molecular weight is 271 g/mol. The number of benzene rings is 1. The van der Waals surface area contributed by atoms with Crippen molar-refractivity contribution in [3.63, 3.8) is 0 Å². The van der Waals surface area contributed by atoms with Crippen molar-refractivity contribution >= 4 is 5.82 Å². The lowest BCUT2D eigenvalue weighted by Crippen LogP contribution is -2.04. The van der Waals surface area contributed by atoms with E-state index in [2.05, 4.69) is 22.2 Å². The summed E-state index contributed by atoms with van der Waals surface area (Å²) in [5.41, 5.74) is 1.16. The van der Waals surface area contributed by atoms with E-state index in [0.29, 0.717) is 5.88 Å². The molecule has 106 valence electrons. The van der Waals surface area contributed by atoms with Crippen molar-refractivity contribution in [3.8, 4) is 11.6 Å². The molecule has 20 heavy (non-hydrogen) atoms. The maximum Gasteiger partial charge on any atom is 0.224 e. The first-order valence-corrected chi connectivity index (χ1v) is 7.07. The van der Waals surface area contributed by atoms with Gasteiger partial charge in [-0.1, -0.05) is 19.1 Å². The summed E-state index contributed by atoms with van der Waals surface area (Å²) in [6, 6.07) is 9.78. The highest BCUT2D eigenvalue weighted by molar-refractivity contribution is 5.40. The first kappa shape index (κ1) is 14.3. The number of aryl methyl sites for hydroxylation is 2. The van der Waals surface area contributed by atoms with Gasteiger partial charge in [-0.2, -0.15) is 4.98 Å². The van der Waals surface area contributed by atoms with E-state index in [4.69, 9.17) is 4.74 Å². The number of rotatable bonds is 6. The molecular weight excluding hydrogens is 250 g/mol. The normalized spacial score (nSPS) is 10.3. The summed E-state index contributed by atoms with van der Waals surface area (Å²) in [4.78, 5) is 8.93. The minimum absolute atomic E-state index is 0.588. The third-order valence-corrected chi connectivity index (χ3v) is 2.79. The van der Waals surface area contributed by atoms with Gasteiger partial charge in [-0.25, -0.2) is 4.98 Å². The molecule has 0 saturated heterocycles. The van der Waals surface area contributed by atoms with E-state index in [1.165, 1.54) is 0 Å². The quantitative estimate of drug-likeness (QED) is 0.863. The van der Waals surface area contributed by atoms with Gasteiger partial charge < -0.3 is 10.1 Å². The van der Waals surface area contributed by atoms with Crippen molar-refractivity contribution in [2.75, 3.05) is 11.9 Å². The molecule has 1 aromatic heterocycles. The molecule has 2 aromatic rings. The van der Waals surface area contributed by atoms with Crippen LogP contribution >= 0.6 is 0 Å². The van der Waals surface area contributed by atoms with Crippen LogP contribution in [0.1, 0.15) is 31.7 Å². The average Bonchev–Trinajstić information content (AvgIpc) is 2.39. The second kappa shape index (κ2) is 6.89. The topological polar surface area (TPSA) is 47.0 Å². The van der Waals surface area contributed by atoms with Crippen LogP contribution in [-0.2, 0) is 6.42 Å². The van der Waals surface area contributed by atoms with Gasteiger partial charge in [0.05, 0.1) is 0 Å². The Labute approximate surface area is 120 Å². The molecule has 0 radical (unpaired) electrons. The fourth-order valence-corrected chi connectivity index (χ4v) is 1.93. The molecule has 0 aliphatic heterocycles. The van der Waals surface area contributed by atoms with Crippen molar-refractivity contribution in [2.24, 2.45) is 0 Å². The van der Waals surface area contributed by atoms with Crippen LogP contribution in [0.25, 0.3) is 0 Å². The molecule has 0 aliphatic rings. The number of hydrogen-bond acceptors (Lipinski definition) is 4. The first-order chi connectivity index (χ1) is 9.71. The molecule has 0 spiro atoms. The second-order valence-corrected chi connectivity index (χ2v) is 4.71. The maximum atomic E-state index is 5.84. The maximum absolute atomic E-state index is 5.84. The molecule has 0 unspecified atom stereocenters. The molecule has 1 heterocycles. The molecule has 4 nitrogen and oxygen atoms in total. The molecule has 4 heteroatoms. The van der Waals surface area contributed by atoms with Crippen LogP contribution in [0, 0.1) is 6.92 Å². The monoisotopic (exact) mass is 271 g/mol. The zero-order chi connectivity index (χ0) is 14.4. The van der Waals surface area contributed by atoms with Crippen molar-refractivity contribution in [1.82, 2.24) is 9.97 Å². The summed E-state index contributed by atoms with van der Waals surface area (Å²) in [5, 5.41) is 3.21. The van der Waals surface area contributed by atoms with Crippen molar-refractivity contribution in [2.45, 2.75) is 33.6 Å². The molecule has 1 N–H and O–H groups in total. The zero-order valence-corrected chi connectivity index (χ0v) is 12.3. The fraction of sp³-hybridized carbons (Fsp3) is 0.375. The van der Waals surface area contributed by atoms with E-state index < -0.39 is 0 Å². The van der Waals surface area contributed by atoms with Gasteiger partial charge in [0.15, 0.2) is 0 Å². The van der Waals surface area contributed by atoms with Gasteiger partial charge in [0, 0.05) is 19.0 Å². The highest BCUT2D eigenvalue weighted by Gasteiger charge is 2.06. The predicted molar refractivity (Wildman–Crippen MR) is 81.4 cm³/mol. The SMILES string of the molecule is CCCc1nc(NCC)cc(Oc2cccc(C)c2)n1. The number of ether oxygens (including phenoxy) is 1. The fourth-order valence-electron chi connectivity index (χ4n) is 1.93. The molecule has 0 atom stereocenters. The predicted octanol–water partition coefficient (Wildman–Crippen LogP) is 3.96. The summed E-state index contributed by atoms with van der Waals surface area (Å²) >= 11 is 0. The third kappa shape index (κ3) is 3.95. The van der Waals surface area contributed by atoms with Crippen LogP contribution in [-0.4, -0.2) is 16.5 Å². The van der Waals surface area contributed by atoms with E-state index in [1.807, 2.05) is 44.2 Å². The number of aromatic nitrogens is 2. The molecule has 0 bridgehead atoms. The lowest BCUT2D eigenvalue weighted by molar-refractivity contribution is 0.458. The van der Waals surface area contributed by atoms with Crippen molar-refractivity contribution in [1.29, 1.82) is 0 Å². The summed E-state index contributed by atoms with van der Waals surface area (Å²) in [5.74, 6) is 3.01. The summed E-state index contributed by atoms with van der Waals surface area (Å²) in [6.45, 7) is 7.03. The summed E-state index contributed by atoms with van der Waals surface area (Å²) in [7, 11) is 0. The second-order valence-electron chi connectivity index (χ2n) is 4.71. The van der Waals surface area contributed by atoms with Gasteiger partial charge in [-0.3, -0.25) is 0 Å². The van der Waals surface area contributed by atoms with Gasteiger partial charge in [-0.15, -0.1) is 0 Å². The Morgan fingerprint density at radius 1 is 1.15 bits per heavy atom. The smallest absolute Gasteiger partial charge is 0.224 e. The molecule has 0 fully saturated rings. The standard InChI is InChI=1S/C16H21N3O/c1-4-7-14-18-15(17-5-2)11-16(19-14)20-13-9-6-8-12(3)10-13/h6,8-11H,4-5,7H2,1-3H3,(H,17,18,19). The van der Waals surface area contributed by atoms with Crippen LogP contribution < -0.4 is 10.1 Å². The van der Waals surface area contributed by atoms with E-state index in [1.54, 1.807) is 0 Å². The Hall–Kier alpha value is -2.10. The molecule has 0 aliphatic carbocycles. The highest BCUT2D eigenvalue weighted by Crippen LogP contribution is 2.22. The largest absolute Gasteiger partial charge is 0.439 e. The number of hydrogen-bond donors (Lipinski definition) is 1. The van der Waals surface area contributed by atoms with Crippen LogP contribution in [0.2, 0.25) is 0 Å². The Morgan fingerprint density at radius 3 is 2.70 bits per heavy atom. The van der Waals surface area contributed by atoms with E-state index in [0.717, 1.165) is 42.3 Å². The van der Waals surface area contributed by atoms with Gasteiger partial charge >= 0.3 is 0 Å². The number of nitrogens with zero attached hydrogens (tertiary/aromatic N) is 2. The third-order valence-electron chi connectivity index (χ3n) is 2.79. The van der Waals surface area contributed by atoms with Crippen molar-refractivity contribution < 1.29 is 4.74 Å². The number of anilines is 1. The van der Waals surface area contributed by atoms with Gasteiger partial charge in [0.25, 0.3) is 0 Å². The Morgan fingerprint density at radius 2 is 2.00 bits per heavy atom. The minimum atomic E-state index is 0.588. The van der Waals surface area contributed by atoms with Gasteiger partial charge in [0.2, 0.25) is 5.88 Å². The van der Waals surface area contributed by atoms with E-state index >= 15 is 0 Å². The van der Waals surface area contributed by atoms with Gasteiger partial charge in [-0.05, 0) is 38.0 Å². The molecule has 2 rings (SSSR count). The molecule has 1 aromatic carbocycles. The van der Waals surface area contributed by atoms with E-state index in [-0.39, 0.29) is 0 Å². The summed E-state index contributed by atoms with van der Waals surface area (Å²) in [6.07, 6.45) is 1.86. The lowest BCUT2D eigenvalue weighted by atomic mass is 10.2. The first-order valence-electron chi connectivity index (χ1n) is 7.07. The van der Waals surface area contributed by atoms with Crippen LogP contribution in [0.5, 0.6) is 11.6 Å².